The van der Waals surface area contributed by atoms with Gasteiger partial charge in [0.15, 0.2) is 0 Å². The summed E-state index contributed by atoms with van der Waals surface area (Å²) in [4.78, 5) is 11.0. The third-order valence-corrected chi connectivity index (χ3v) is 2.27. The molecule has 11 heavy (non-hydrogen) atoms. The lowest BCUT2D eigenvalue weighted by molar-refractivity contribution is 0.243. The van der Waals surface area contributed by atoms with E-state index in [4.69, 9.17) is 0 Å². The largest absolute Gasteiger partial charge is 0.335 e. The molecule has 0 heterocycles. The molecule has 1 fully saturated rings. The molecule has 1 aliphatic carbocycles. The maximum absolute atomic E-state index is 11.0. The molecular formula is C7H14N2OS. The van der Waals surface area contributed by atoms with Gasteiger partial charge in [0.2, 0.25) is 0 Å². The van der Waals surface area contributed by atoms with Gasteiger partial charge < -0.3 is 5.32 Å². The van der Waals surface area contributed by atoms with Gasteiger partial charge in [0.05, 0.1) is 0 Å². The van der Waals surface area contributed by atoms with E-state index in [0.717, 1.165) is 12.8 Å². The Morgan fingerprint density at radius 1 is 1.45 bits per heavy atom. The topological polar surface area (TPSA) is 41.1 Å². The summed E-state index contributed by atoms with van der Waals surface area (Å²) in [5.41, 5.74) is 0. The molecule has 0 aromatic rings. The Labute approximate surface area is 71.4 Å². The second kappa shape index (κ2) is 4.49. The molecule has 4 heteroatoms. The predicted molar refractivity (Wildman–Crippen MR) is 47.4 cm³/mol. The van der Waals surface area contributed by atoms with Crippen LogP contribution in [0.25, 0.3) is 0 Å². The molecule has 0 aliphatic heterocycles. The SMILES string of the molecule is CSNC(=O)NC1CCCC1. The minimum Gasteiger partial charge on any atom is -0.335 e. The van der Waals surface area contributed by atoms with Gasteiger partial charge in [0, 0.05) is 12.3 Å². The number of carbonyl (C=O) groups is 1. The second-order valence-corrected chi connectivity index (χ2v) is 3.37. The maximum atomic E-state index is 11.0. The van der Waals surface area contributed by atoms with Crippen molar-refractivity contribution in [2.75, 3.05) is 6.26 Å². The first-order chi connectivity index (χ1) is 5.33. The van der Waals surface area contributed by atoms with Crippen molar-refractivity contribution in [1.82, 2.24) is 10.0 Å². The van der Waals surface area contributed by atoms with Crippen LogP contribution in [0.5, 0.6) is 0 Å². The van der Waals surface area contributed by atoms with Gasteiger partial charge in [-0.05, 0) is 12.8 Å². The molecule has 0 saturated heterocycles. The van der Waals surface area contributed by atoms with Crippen molar-refractivity contribution >= 4 is 18.0 Å². The van der Waals surface area contributed by atoms with Crippen LogP contribution in [0.2, 0.25) is 0 Å². The summed E-state index contributed by atoms with van der Waals surface area (Å²) >= 11 is 1.33. The highest BCUT2D eigenvalue weighted by atomic mass is 32.2. The monoisotopic (exact) mass is 174 g/mol. The summed E-state index contributed by atoms with van der Waals surface area (Å²) in [6.07, 6.45) is 6.63. The Balaban J connectivity index is 2.13. The van der Waals surface area contributed by atoms with Crippen molar-refractivity contribution in [3.05, 3.63) is 0 Å². The fourth-order valence-electron chi connectivity index (χ4n) is 1.38. The van der Waals surface area contributed by atoms with Crippen LogP contribution in [0.15, 0.2) is 0 Å². The molecule has 0 bridgehead atoms. The number of nitrogens with one attached hydrogen (secondary N) is 2. The Morgan fingerprint density at radius 3 is 2.64 bits per heavy atom. The molecule has 2 amide bonds. The number of rotatable bonds is 2. The first-order valence-corrected chi connectivity index (χ1v) is 5.15. The van der Waals surface area contributed by atoms with Gasteiger partial charge in [-0.25, -0.2) is 4.79 Å². The van der Waals surface area contributed by atoms with Crippen molar-refractivity contribution in [3.8, 4) is 0 Å². The van der Waals surface area contributed by atoms with Crippen molar-refractivity contribution in [1.29, 1.82) is 0 Å². The molecule has 0 spiro atoms. The van der Waals surface area contributed by atoms with Gasteiger partial charge >= 0.3 is 6.03 Å². The predicted octanol–water partition coefficient (Wildman–Crippen LogP) is 1.51. The standard InChI is InChI=1S/C7H14N2OS/c1-11-9-7(10)8-6-4-2-3-5-6/h6H,2-5H2,1H3,(H2,8,9,10). The molecule has 1 aliphatic rings. The van der Waals surface area contributed by atoms with Crippen LogP contribution in [0, 0.1) is 0 Å². The lowest BCUT2D eigenvalue weighted by atomic mass is 10.3. The van der Waals surface area contributed by atoms with Gasteiger partial charge in [-0.2, -0.15) is 0 Å². The molecule has 0 aromatic carbocycles. The van der Waals surface area contributed by atoms with E-state index in [1.165, 1.54) is 24.8 Å². The smallest absolute Gasteiger partial charge is 0.324 e. The molecular weight excluding hydrogens is 160 g/mol. The third kappa shape index (κ3) is 3.01. The van der Waals surface area contributed by atoms with E-state index in [1.807, 2.05) is 6.26 Å². The zero-order valence-corrected chi connectivity index (χ0v) is 7.54. The molecule has 0 atom stereocenters. The first kappa shape index (κ1) is 8.71. The molecule has 1 rings (SSSR count). The molecule has 0 aromatic heterocycles. The molecule has 3 nitrogen and oxygen atoms in total. The fraction of sp³-hybridized carbons (Fsp3) is 0.857. The number of carbonyl (C=O) groups excluding carboxylic acids is 1. The highest BCUT2D eigenvalue weighted by Gasteiger charge is 2.16. The highest BCUT2D eigenvalue weighted by Crippen LogP contribution is 2.17. The van der Waals surface area contributed by atoms with Gasteiger partial charge in [-0.3, -0.25) is 4.72 Å². The Hall–Kier alpha value is -0.380. The van der Waals surface area contributed by atoms with Crippen LogP contribution in [0.4, 0.5) is 4.79 Å². The quantitative estimate of drug-likeness (QED) is 0.623. The van der Waals surface area contributed by atoms with Gasteiger partial charge in [0.25, 0.3) is 0 Å². The van der Waals surface area contributed by atoms with E-state index in [1.54, 1.807) is 0 Å². The highest BCUT2D eigenvalue weighted by molar-refractivity contribution is 7.97. The van der Waals surface area contributed by atoms with E-state index >= 15 is 0 Å². The molecule has 1 saturated carbocycles. The van der Waals surface area contributed by atoms with Crippen LogP contribution >= 0.6 is 11.9 Å². The average molecular weight is 174 g/mol. The van der Waals surface area contributed by atoms with Crippen LogP contribution in [0.1, 0.15) is 25.7 Å². The third-order valence-electron chi connectivity index (χ3n) is 1.89. The minimum absolute atomic E-state index is 0.0515. The zero-order valence-electron chi connectivity index (χ0n) is 6.72. The lowest BCUT2D eigenvalue weighted by Crippen LogP contribution is -2.37. The summed E-state index contributed by atoms with van der Waals surface area (Å²) < 4.78 is 2.64. The normalized spacial score (nSPS) is 18.3. The Morgan fingerprint density at radius 2 is 2.09 bits per heavy atom. The van der Waals surface area contributed by atoms with E-state index < -0.39 is 0 Å². The zero-order chi connectivity index (χ0) is 8.10. The van der Waals surface area contributed by atoms with Crippen molar-refractivity contribution in [2.24, 2.45) is 0 Å². The summed E-state index contributed by atoms with van der Waals surface area (Å²) in [6, 6.07) is 0.367. The van der Waals surface area contributed by atoms with Crippen LogP contribution in [-0.2, 0) is 0 Å². The average Bonchev–Trinajstić information content (AvgIpc) is 2.40. The van der Waals surface area contributed by atoms with Crippen molar-refractivity contribution in [2.45, 2.75) is 31.7 Å². The molecule has 0 unspecified atom stereocenters. The Bertz CT molecular complexity index is 134. The summed E-state index contributed by atoms with van der Waals surface area (Å²) in [6.45, 7) is 0. The lowest BCUT2D eigenvalue weighted by Gasteiger charge is -2.10. The molecule has 2 N–H and O–H groups in total. The summed E-state index contributed by atoms with van der Waals surface area (Å²) in [5, 5.41) is 2.91. The van der Waals surface area contributed by atoms with Crippen molar-refractivity contribution < 1.29 is 4.79 Å². The van der Waals surface area contributed by atoms with E-state index in [9.17, 15) is 4.79 Å². The number of hydrogen-bond acceptors (Lipinski definition) is 2. The minimum atomic E-state index is -0.0515. The van der Waals surface area contributed by atoms with Gasteiger partial charge in [-0.15, -0.1) is 0 Å². The summed E-state index contributed by atoms with van der Waals surface area (Å²) in [5.74, 6) is 0. The molecule has 0 radical (unpaired) electrons. The van der Waals surface area contributed by atoms with Crippen LogP contribution < -0.4 is 10.0 Å². The number of amides is 2. The second-order valence-electron chi connectivity index (χ2n) is 2.76. The molecule has 64 valence electrons. The van der Waals surface area contributed by atoms with E-state index in [2.05, 4.69) is 10.0 Å². The summed E-state index contributed by atoms with van der Waals surface area (Å²) in [7, 11) is 0. The van der Waals surface area contributed by atoms with E-state index in [0.29, 0.717) is 6.04 Å². The van der Waals surface area contributed by atoms with Gasteiger partial charge in [0.1, 0.15) is 0 Å². The fourth-order valence-corrected chi connectivity index (χ4v) is 1.62. The number of hydrogen-bond donors (Lipinski definition) is 2. The van der Waals surface area contributed by atoms with Crippen LogP contribution in [-0.4, -0.2) is 18.3 Å². The Kier molecular flexibility index (Phi) is 3.56. The number of urea groups is 1. The van der Waals surface area contributed by atoms with Crippen LogP contribution in [0.3, 0.4) is 0 Å². The maximum Gasteiger partial charge on any atom is 0.324 e. The van der Waals surface area contributed by atoms with Gasteiger partial charge in [-0.1, -0.05) is 24.8 Å². The van der Waals surface area contributed by atoms with E-state index in [-0.39, 0.29) is 6.03 Å². The van der Waals surface area contributed by atoms with Crippen molar-refractivity contribution in [3.63, 3.8) is 0 Å². The first-order valence-electron chi connectivity index (χ1n) is 3.92.